The Hall–Kier alpha value is -3.04. The third-order valence-corrected chi connectivity index (χ3v) is 5.61. The van der Waals surface area contributed by atoms with E-state index in [4.69, 9.17) is 12.2 Å². The summed E-state index contributed by atoms with van der Waals surface area (Å²) in [5, 5.41) is 2.76. The summed E-state index contributed by atoms with van der Waals surface area (Å²) in [4.78, 5) is 42.2. The molecule has 1 aliphatic rings. The molecule has 30 heavy (non-hydrogen) atoms. The van der Waals surface area contributed by atoms with E-state index in [0.29, 0.717) is 33.4 Å². The van der Waals surface area contributed by atoms with Crippen LogP contribution in [0.25, 0.3) is 6.08 Å². The lowest BCUT2D eigenvalue weighted by molar-refractivity contribution is -0.122. The molecule has 1 aromatic heterocycles. The third kappa shape index (κ3) is 5.52. The van der Waals surface area contributed by atoms with Gasteiger partial charge in [-0.1, -0.05) is 36.1 Å². The lowest BCUT2D eigenvalue weighted by Crippen LogP contribution is -2.29. The molecule has 0 radical (unpaired) electrons. The number of ether oxygens (including phenoxy) is 1. The number of carbonyl (C=O) groups excluding carboxylic acids is 3. The zero-order chi connectivity index (χ0) is 21.5. The van der Waals surface area contributed by atoms with E-state index in [-0.39, 0.29) is 18.2 Å². The number of pyridine rings is 1. The topological polar surface area (TPSA) is 88.6 Å². The Morgan fingerprint density at radius 1 is 1.27 bits per heavy atom. The number of rotatable bonds is 7. The summed E-state index contributed by atoms with van der Waals surface area (Å²) < 4.78 is 5.14. The molecule has 3 rings (SSSR count). The van der Waals surface area contributed by atoms with Crippen molar-refractivity contribution in [2.75, 3.05) is 19.0 Å². The Bertz CT molecular complexity index is 991. The molecule has 2 heterocycles. The highest BCUT2D eigenvalue weighted by atomic mass is 32.2. The van der Waals surface area contributed by atoms with Crippen LogP contribution < -0.4 is 5.32 Å². The standard InChI is InChI=1S/C21H19N3O4S2/c1-28-20(27)15-8-6-14(7-9-15)12-17-19(26)24(21(29)30-17)11-3-5-18(25)23-16-4-2-10-22-13-16/h2,4,6-10,12-13H,3,5,11H2,1H3,(H,23,25). The second kappa shape index (κ2) is 10.1. The van der Waals surface area contributed by atoms with Crippen molar-refractivity contribution in [1.82, 2.24) is 9.88 Å². The first-order valence-electron chi connectivity index (χ1n) is 9.11. The van der Waals surface area contributed by atoms with E-state index in [9.17, 15) is 14.4 Å². The van der Waals surface area contributed by atoms with Crippen LogP contribution in [0.2, 0.25) is 0 Å². The van der Waals surface area contributed by atoms with Crippen LogP contribution in [0.15, 0.2) is 53.7 Å². The molecule has 1 N–H and O–H groups in total. The molecule has 154 valence electrons. The molecule has 2 amide bonds. The zero-order valence-electron chi connectivity index (χ0n) is 16.2. The Morgan fingerprint density at radius 2 is 2.03 bits per heavy atom. The molecular formula is C21H19N3O4S2. The van der Waals surface area contributed by atoms with Gasteiger partial charge < -0.3 is 10.1 Å². The first-order chi connectivity index (χ1) is 14.5. The fraction of sp³-hybridized carbons (Fsp3) is 0.190. The summed E-state index contributed by atoms with van der Waals surface area (Å²) >= 11 is 6.54. The summed E-state index contributed by atoms with van der Waals surface area (Å²) in [5.74, 6) is -0.746. The zero-order valence-corrected chi connectivity index (χ0v) is 17.8. The number of amides is 2. The Kier molecular flexibility index (Phi) is 7.31. The van der Waals surface area contributed by atoms with E-state index < -0.39 is 5.97 Å². The van der Waals surface area contributed by atoms with Gasteiger partial charge in [-0.25, -0.2) is 4.79 Å². The summed E-state index contributed by atoms with van der Waals surface area (Å²) in [6, 6.07) is 10.3. The molecule has 0 saturated carbocycles. The van der Waals surface area contributed by atoms with Gasteiger partial charge in [-0.15, -0.1) is 0 Å². The second-order valence-electron chi connectivity index (χ2n) is 6.34. The number of anilines is 1. The maximum absolute atomic E-state index is 12.7. The van der Waals surface area contributed by atoms with E-state index in [1.54, 1.807) is 54.9 Å². The van der Waals surface area contributed by atoms with E-state index >= 15 is 0 Å². The van der Waals surface area contributed by atoms with Crippen LogP contribution in [0.5, 0.6) is 0 Å². The number of nitrogens with zero attached hydrogens (tertiary/aromatic N) is 2. The fourth-order valence-corrected chi connectivity index (χ4v) is 4.04. The highest BCUT2D eigenvalue weighted by molar-refractivity contribution is 8.26. The van der Waals surface area contributed by atoms with Gasteiger partial charge in [0.2, 0.25) is 5.91 Å². The average molecular weight is 442 g/mol. The van der Waals surface area contributed by atoms with Crippen molar-refractivity contribution in [2.45, 2.75) is 12.8 Å². The van der Waals surface area contributed by atoms with Crippen molar-refractivity contribution >= 4 is 57.8 Å². The second-order valence-corrected chi connectivity index (χ2v) is 8.02. The molecular weight excluding hydrogens is 422 g/mol. The van der Waals surface area contributed by atoms with Gasteiger partial charge in [-0.3, -0.25) is 19.5 Å². The predicted molar refractivity (Wildman–Crippen MR) is 120 cm³/mol. The van der Waals surface area contributed by atoms with Gasteiger partial charge in [0.05, 0.1) is 29.5 Å². The van der Waals surface area contributed by atoms with Crippen LogP contribution in [0, 0.1) is 0 Å². The van der Waals surface area contributed by atoms with Crippen LogP contribution in [-0.2, 0) is 14.3 Å². The third-order valence-electron chi connectivity index (χ3n) is 4.23. The molecule has 1 saturated heterocycles. The van der Waals surface area contributed by atoms with E-state index in [0.717, 1.165) is 5.56 Å². The van der Waals surface area contributed by atoms with Gasteiger partial charge in [0, 0.05) is 19.2 Å². The van der Waals surface area contributed by atoms with Crippen molar-refractivity contribution in [1.29, 1.82) is 0 Å². The summed E-state index contributed by atoms with van der Waals surface area (Å²) in [6.45, 7) is 0.365. The number of esters is 1. The number of methoxy groups -OCH3 is 1. The highest BCUT2D eigenvalue weighted by Gasteiger charge is 2.31. The minimum absolute atomic E-state index is 0.144. The maximum Gasteiger partial charge on any atom is 0.337 e. The highest BCUT2D eigenvalue weighted by Crippen LogP contribution is 2.32. The molecule has 1 fully saturated rings. The van der Waals surface area contributed by atoms with Gasteiger partial charge in [-0.05, 0) is 42.3 Å². The summed E-state index contributed by atoms with van der Waals surface area (Å²) in [7, 11) is 1.32. The van der Waals surface area contributed by atoms with Gasteiger partial charge in [0.15, 0.2) is 0 Å². The van der Waals surface area contributed by atoms with Crippen LogP contribution in [0.3, 0.4) is 0 Å². The number of hydrogen-bond acceptors (Lipinski definition) is 7. The Labute approximate surface area is 183 Å². The SMILES string of the molecule is COC(=O)c1ccc(C=C2SC(=S)N(CCCC(=O)Nc3cccnc3)C2=O)cc1. The van der Waals surface area contributed by atoms with Gasteiger partial charge in [0.25, 0.3) is 5.91 Å². The fourth-order valence-electron chi connectivity index (χ4n) is 2.74. The normalized spacial score (nSPS) is 14.8. The predicted octanol–water partition coefficient (Wildman–Crippen LogP) is 3.49. The average Bonchev–Trinajstić information content (AvgIpc) is 3.01. The maximum atomic E-state index is 12.7. The van der Waals surface area contributed by atoms with Crippen molar-refractivity contribution in [3.05, 3.63) is 64.8 Å². The number of benzene rings is 1. The molecule has 0 bridgehead atoms. The monoisotopic (exact) mass is 441 g/mol. The number of nitrogens with one attached hydrogen (secondary N) is 1. The van der Waals surface area contributed by atoms with Gasteiger partial charge in [0.1, 0.15) is 4.32 Å². The molecule has 1 aliphatic heterocycles. The minimum atomic E-state index is -0.416. The molecule has 1 aromatic carbocycles. The first kappa shape index (κ1) is 21.7. The molecule has 0 spiro atoms. The van der Waals surface area contributed by atoms with E-state index in [1.807, 2.05) is 0 Å². The van der Waals surface area contributed by atoms with Crippen LogP contribution in [-0.4, -0.2) is 45.6 Å². The van der Waals surface area contributed by atoms with Crippen molar-refractivity contribution in [2.24, 2.45) is 0 Å². The Morgan fingerprint density at radius 3 is 2.70 bits per heavy atom. The number of thiocarbonyl (C=S) groups is 1. The molecule has 7 nitrogen and oxygen atoms in total. The van der Waals surface area contributed by atoms with E-state index in [1.165, 1.54) is 23.8 Å². The number of hydrogen-bond donors (Lipinski definition) is 1. The van der Waals surface area contributed by atoms with E-state index in [2.05, 4.69) is 15.0 Å². The number of carbonyl (C=O) groups is 3. The van der Waals surface area contributed by atoms with Crippen molar-refractivity contribution in [3.63, 3.8) is 0 Å². The molecule has 0 unspecified atom stereocenters. The summed E-state index contributed by atoms with van der Waals surface area (Å²) in [5.41, 5.74) is 1.85. The van der Waals surface area contributed by atoms with Crippen molar-refractivity contribution in [3.8, 4) is 0 Å². The number of aromatic nitrogens is 1. The van der Waals surface area contributed by atoms with Gasteiger partial charge in [-0.2, -0.15) is 0 Å². The van der Waals surface area contributed by atoms with Crippen LogP contribution >= 0.6 is 24.0 Å². The largest absolute Gasteiger partial charge is 0.465 e. The summed E-state index contributed by atoms with van der Waals surface area (Å²) in [6.07, 6.45) is 5.68. The minimum Gasteiger partial charge on any atom is -0.465 e. The lowest BCUT2D eigenvalue weighted by atomic mass is 10.1. The van der Waals surface area contributed by atoms with Crippen LogP contribution in [0.1, 0.15) is 28.8 Å². The molecule has 0 atom stereocenters. The van der Waals surface area contributed by atoms with Crippen molar-refractivity contribution < 1.29 is 19.1 Å². The smallest absolute Gasteiger partial charge is 0.337 e. The van der Waals surface area contributed by atoms with Gasteiger partial charge >= 0.3 is 5.97 Å². The first-order valence-corrected chi connectivity index (χ1v) is 10.3. The molecule has 2 aromatic rings. The molecule has 9 heteroatoms. The molecule has 0 aliphatic carbocycles. The quantitative estimate of drug-likeness (QED) is 0.400. The number of thioether (sulfide) groups is 1. The lowest BCUT2D eigenvalue weighted by Gasteiger charge is -2.14. The Balaban J connectivity index is 1.54. The van der Waals surface area contributed by atoms with Crippen LogP contribution in [0.4, 0.5) is 5.69 Å².